The number of ether oxygens (including phenoxy) is 1. The van der Waals surface area contributed by atoms with E-state index >= 15 is 0 Å². The van der Waals surface area contributed by atoms with Crippen LogP contribution in [0.3, 0.4) is 0 Å². The second kappa shape index (κ2) is 10.5. The molecule has 1 fully saturated rings. The predicted molar refractivity (Wildman–Crippen MR) is 154 cm³/mol. The first kappa shape index (κ1) is 29.6. The number of imidazole rings is 1. The van der Waals surface area contributed by atoms with Crippen molar-refractivity contribution < 1.29 is 51.9 Å². The third kappa shape index (κ3) is 5.12. The summed E-state index contributed by atoms with van der Waals surface area (Å²) in [5.41, 5.74) is 11.2. The molecule has 1 saturated heterocycles. The molecule has 22 nitrogen and oxygen atoms in total. The molecule has 3 aromatic heterocycles. The summed E-state index contributed by atoms with van der Waals surface area (Å²) < 4.78 is 33.5. The number of hydrogen-bond donors (Lipinski definition) is 11. The fourth-order valence-electron chi connectivity index (χ4n) is 4.82. The molecule has 4 aliphatic heterocycles. The first-order valence-corrected chi connectivity index (χ1v) is 16.5. The Kier molecular flexibility index (Phi) is 6.91. The van der Waals surface area contributed by atoms with E-state index in [4.69, 9.17) is 50.3 Å². The number of halogens is 1. The number of anilines is 2. The molecule has 1 unspecified atom stereocenters. The van der Waals surface area contributed by atoms with Crippen LogP contribution in [-0.2, 0) is 24.9 Å². The molecule has 0 spiro atoms. The summed E-state index contributed by atoms with van der Waals surface area (Å²) in [5, 5.41) is 19.9. The van der Waals surface area contributed by atoms with Crippen LogP contribution in [0.15, 0.2) is 44.8 Å². The number of nitrogens with two attached hydrogens (primary N) is 2. The van der Waals surface area contributed by atoms with Gasteiger partial charge < -0.3 is 0 Å². The summed E-state index contributed by atoms with van der Waals surface area (Å²) in [6, 6.07) is 0. The van der Waals surface area contributed by atoms with Crippen molar-refractivity contribution in [1.29, 1.82) is 0 Å². The molecule has 0 radical (unpaired) electrons. The number of H-pyrrole nitrogens is 1. The summed E-state index contributed by atoms with van der Waals surface area (Å²) in [4.78, 5) is 67.1. The van der Waals surface area contributed by atoms with E-state index in [0.29, 0.717) is 24.4 Å². The van der Waals surface area contributed by atoms with Gasteiger partial charge in [-0.15, -0.1) is 0 Å². The fourth-order valence-corrected chi connectivity index (χ4v) is 6.84. The minimum absolute atomic E-state index is 0.0307. The number of fused-ring (bicyclic) bond motifs is 5. The molecule has 7 heterocycles. The van der Waals surface area contributed by atoms with Crippen LogP contribution >= 0.6 is 27.9 Å². The van der Waals surface area contributed by atoms with Gasteiger partial charge in [0.25, 0.3) is 0 Å². The SMILES string of the molecule is NC1=C2NCN(c3oc4c(c3Cl)O[PH](O)(O)O/C=C3/OC(n5cnc6c(=O)[nH]c(N)nc65)=C(O[PH](O)(O)OC4)[C@@H]3O)C2NCN1. The standard InChI is InChI=1S/C20H25ClN10O12P2/c21-8-12-7(41-18(8)30-4-26-9-14(22)24-3-25-15(9)30)2-39-45(36,37)43-13-11(32)6(1-38-44(34,35)42-12)40-19(13)31-5-27-10-16(31)28-20(23)29-17(10)33/h1,5,11,15,24-26,32,34-37,44-45H,2-4,22H2,(H3,23,28,29,33)/b6-1+/t11-,15?/m1/s1. The number of furan rings is 1. The number of aromatic nitrogens is 4. The Morgan fingerprint density at radius 2 is 1.93 bits per heavy atom. The summed E-state index contributed by atoms with van der Waals surface area (Å²) in [5.74, 6) is -2.36. The van der Waals surface area contributed by atoms with Crippen molar-refractivity contribution in [3.8, 4) is 5.75 Å². The molecular weight excluding hydrogens is 670 g/mol. The van der Waals surface area contributed by atoms with E-state index in [9.17, 15) is 29.5 Å². The number of hydrogen-bond acceptors (Lipinski definition) is 20. The van der Waals surface area contributed by atoms with E-state index in [-0.39, 0.29) is 40.4 Å². The van der Waals surface area contributed by atoms with Crippen molar-refractivity contribution in [2.75, 3.05) is 24.0 Å². The first-order valence-electron chi connectivity index (χ1n) is 12.7. The summed E-state index contributed by atoms with van der Waals surface area (Å²) in [6.07, 6.45) is -0.797. The van der Waals surface area contributed by atoms with Gasteiger partial charge in [-0.25, -0.2) is 0 Å². The average molecular weight is 695 g/mol. The van der Waals surface area contributed by atoms with Crippen LogP contribution in [0.5, 0.6) is 5.75 Å². The molecule has 244 valence electrons. The van der Waals surface area contributed by atoms with Crippen LogP contribution in [0.2, 0.25) is 5.02 Å². The van der Waals surface area contributed by atoms with Crippen LogP contribution in [0, 0.1) is 0 Å². The number of aromatic amines is 1. The number of aliphatic hydroxyl groups is 1. The molecular formula is C20H25ClN10O12P2. The van der Waals surface area contributed by atoms with Crippen LogP contribution in [0.1, 0.15) is 5.76 Å². The van der Waals surface area contributed by atoms with Crippen molar-refractivity contribution in [1.82, 2.24) is 35.5 Å². The molecule has 2 atom stereocenters. The second-order valence-corrected chi connectivity index (χ2v) is 13.2. The maximum atomic E-state index is 12.3. The van der Waals surface area contributed by atoms with Gasteiger partial charge in [-0.05, 0) is 0 Å². The van der Waals surface area contributed by atoms with Crippen molar-refractivity contribution in [3.63, 3.8) is 0 Å². The van der Waals surface area contributed by atoms with Gasteiger partial charge in [-0.1, -0.05) is 0 Å². The van der Waals surface area contributed by atoms with Crippen LogP contribution in [0.25, 0.3) is 17.0 Å². The topological polar surface area (TPSA) is 315 Å². The van der Waals surface area contributed by atoms with Gasteiger partial charge in [0.05, 0.1) is 0 Å². The molecule has 7 rings (SSSR count). The van der Waals surface area contributed by atoms with Gasteiger partial charge in [0.1, 0.15) is 0 Å². The zero-order valence-corrected chi connectivity index (χ0v) is 25.1. The second-order valence-electron chi connectivity index (χ2n) is 9.71. The van der Waals surface area contributed by atoms with Crippen LogP contribution in [-0.4, -0.2) is 69.8 Å². The van der Waals surface area contributed by atoms with E-state index in [1.54, 1.807) is 4.90 Å². The van der Waals surface area contributed by atoms with Crippen molar-refractivity contribution >= 4 is 56.8 Å². The average Bonchev–Trinajstić information content (AvgIpc) is 3.72. The van der Waals surface area contributed by atoms with Gasteiger partial charge in [0, 0.05) is 0 Å². The summed E-state index contributed by atoms with van der Waals surface area (Å²) in [6.45, 7) is -0.344. The van der Waals surface area contributed by atoms with E-state index in [1.165, 1.54) is 0 Å². The van der Waals surface area contributed by atoms with E-state index in [0.717, 1.165) is 10.9 Å². The molecule has 4 aliphatic rings. The molecule has 0 aromatic carbocycles. The van der Waals surface area contributed by atoms with Crippen LogP contribution in [0.4, 0.5) is 11.8 Å². The van der Waals surface area contributed by atoms with Gasteiger partial charge in [0.15, 0.2) is 0 Å². The van der Waals surface area contributed by atoms with Crippen molar-refractivity contribution in [2.24, 2.45) is 5.73 Å². The van der Waals surface area contributed by atoms with Gasteiger partial charge in [-0.2, -0.15) is 0 Å². The summed E-state index contributed by atoms with van der Waals surface area (Å²) >= 11 is 6.58. The Bertz CT molecular complexity index is 1870. The molecule has 0 aliphatic carbocycles. The van der Waals surface area contributed by atoms with E-state index in [2.05, 4.69) is 30.9 Å². The Morgan fingerprint density at radius 3 is 2.73 bits per heavy atom. The van der Waals surface area contributed by atoms with Gasteiger partial charge in [-0.3, -0.25) is 0 Å². The molecule has 3 aromatic rings. The van der Waals surface area contributed by atoms with E-state index < -0.39 is 63.9 Å². The Labute approximate surface area is 255 Å². The minimum atomic E-state index is -5.26. The third-order valence-electron chi connectivity index (χ3n) is 6.80. The number of rotatable bonds is 2. The van der Waals surface area contributed by atoms with Gasteiger partial charge >= 0.3 is 255 Å². The van der Waals surface area contributed by atoms with Crippen molar-refractivity contribution in [2.45, 2.75) is 18.9 Å². The molecule has 0 amide bonds. The molecule has 25 heteroatoms. The quantitative estimate of drug-likeness (QED) is 0.126. The van der Waals surface area contributed by atoms with Crippen molar-refractivity contribution in [3.05, 3.63) is 56.8 Å². The molecule has 2 bridgehead atoms. The number of nitrogen functional groups attached to an aromatic ring is 1. The molecule has 0 saturated carbocycles. The van der Waals surface area contributed by atoms with Crippen LogP contribution < -0.4 is 42.4 Å². The number of nitrogens with one attached hydrogen (secondary N) is 4. The molecule has 45 heavy (non-hydrogen) atoms. The third-order valence-corrected chi connectivity index (χ3v) is 9.03. The zero-order valence-electron chi connectivity index (χ0n) is 22.3. The normalized spacial score (nSPS) is 26.6. The Balaban J connectivity index is 1.28. The van der Waals surface area contributed by atoms with Gasteiger partial charge in [0.2, 0.25) is 0 Å². The first-order chi connectivity index (χ1) is 21.3. The fraction of sp³-hybridized carbons (Fsp3) is 0.250. The zero-order chi connectivity index (χ0) is 31.8. The number of nitrogens with zero attached hydrogens (tertiary/aromatic N) is 4. The summed E-state index contributed by atoms with van der Waals surface area (Å²) in [7, 11) is -10.5. The monoisotopic (exact) mass is 694 g/mol. The predicted octanol–water partition coefficient (Wildman–Crippen LogP) is -2.29. The Hall–Kier alpha value is -4.08. The Morgan fingerprint density at radius 1 is 1.13 bits per heavy atom. The number of aliphatic hydroxyl groups excluding tert-OH is 1. The maximum absolute atomic E-state index is 12.3. The van der Waals surface area contributed by atoms with E-state index in [1.807, 2.05) is 0 Å². The molecule has 13 N–H and O–H groups in total.